The number of fused-ring (bicyclic) bond motifs is 2. The van der Waals surface area contributed by atoms with Gasteiger partial charge < -0.3 is 4.42 Å². The van der Waals surface area contributed by atoms with Crippen molar-refractivity contribution in [3.8, 4) is 0 Å². The maximum atomic E-state index is 12.4. The van der Waals surface area contributed by atoms with E-state index in [-0.39, 0.29) is 11.8 Å². The number of anilines is 1. The second-order valence-corrected chi connectivity index (χ2v) is 5.07. The third kappa shape index (κ3) is 1.62. The molecule has 1 aliphatic rings. The summed E-state index contributed by atoms with van der Waals surface area (Å²) in [4.78, 5) is 26.1. The van der Waals surface area contributed by atoms with Crippen LogP contribution in [0.25, 0.3) is 11.0 Å². The van der Waals surface area contributed by atoms with Crippen LogP contribution in [0.4, 0.5) is 5.69 Å². The van der Waals surface area contributed by atoms with E-state index in [0.29, 0.717) is 16.8 Å². The molecule has 0 aliphatic carbocycles. The van der Waals surface area contributed by atoms with Crippen molar-refractivity contribution in [1.82, 2.24) is 0 Å². The van der Waals surface area contributed by atoms with E-state index in [4.69, 9.17) is 4.42 Å². The van der Waals surface area contributed by atoms with Crippen LogP contribution in [-0.4, -0.2) is 11.8 Å². The van der Waals surface area contributed by atoms with E-state index in [1.54, 1.807) is 42.5 Å². The standard InChI is InChI=1S/C17H11NO3/c1-10-8-11-9-12(6-7-15(11)21-10)18-16(19)13-4-2-3-5-14(13)17(18)20/h2-9H,1H3. The van der Waals surface area contributed by atoms with Gasteiger partial charge in [0.1, 0.15) is 11.3 Å². The van der Waals surface area contributed by atoms with Crippen molar-refractivity contribution >= 4 is 28.5 Å². The lowest BCUT2D eigenvalue weighted by Gasteiger charge is -2.13. The van der Waals surface area contributed by atoms with Crippen LogP contribution in [0.5, 0.6) is 0 Å². The lowest BCUT2D eigenvalue weighted by Crippen LogP contribution is -2.29. The summed E-state index contributed by atoms with van der Waals surface area (Å²) < 4.78 is 5.51. The molecule has 0 saturated carbocycles. The van der Waals surface area contributed by atoms with Gasteiger partial charge in [-0.1, -0.05) is 12.1 Å². The lowest BCUT2D eigenvalue weighted by atomic mass is 10.1. The first-order chi connectivity index (χ1) is 10.1. The molecule has 0 bridgehead atoms. The van der Waals surface area contributed by atoms with Crippen molar-refractivity contribution in [3.63, 3.8) is 0 Å². The summed E-state index contributed by atoms with van der Waals surface area (Å²) >= 11 is 0. The zero-order valence-electron chi connectivity index (χ0n) is 11.3. The minimum Gasteiger partial charge on any atom is -0.461 e. The van der Waals surface area contributed by atoms with Gasteiger partial charge in [-0.25, -0.2) is 4.90 Å². The molecule has 0 radical (unpaired) electrons. The van der Waals surface area contributed by atoms with Gasteiger partial charge in [0.25, 0.3) is 11.8 Å². The fourth-order valence-corrected chi connectivity index (χ4v) is 2.73. The molecule has 1 aliphatic heterocycles. The van der Waals surface area contributed by atoms with Gasteiger partial charge in [-0.3, -0.25) is 9.59 Å². The lowest BCUT2D eigenvalue weighted by molar-refractivity contribution is 0.0926. The van der Waals surface area contributed by atoms with Gasteiger partial charge >= 0.3 is 0 Å². The molecule has 102 valence electrons. The first-order valence-electron chi connectivity index (χ1n) is 6.63. The fourth-order valence-electron chi connectivity index (χ4n) is 2.73. The molecular weight excluding hydrogens is 266 g/mol. The molecule has 0 saturated heterocycles. The van der Waals surface area contributed by atoms with Gasteiger partial charge in [-0.2, -0.15) is 0 Å². The van der Waals surface area contributed by atoms with Gasteiger partial charge in [0, 0.05) is 5.39 Å². The van der Waals surface area contributed by atoms with Crippen LogP contribution < -0.4 is 4.90 Å². The highest BCUT2D eigenvalue weighted by molar-refractivity contribution is 6.34. The number of amides is 2. The maximum absolute atomic E-state index is 12.4. The Morgan fingerprint density at radius 3 is 2.24 bits per heavy atom. The highest BCUT2D eigenvalue weighted by Gasteiger charge is 2.36. The number of carbonyl (C=O) groups is 2. The van der Waals surface area contributed by atoms with Crippen LogP contribution in [0.3, 0.4) is 0 Å². The molecule has 4 nitrogen and oxygen atoms in total. The Bertz CT molecular complexity index is 872. The molecule has 4 heteroatoms. The molecule has 4 rings (SSSR count). The first-order valence-corrected chi connectivity index (χ1v) is 6.63. The summed E-state index contributed by atoms with van der Waals surface area (Å²) in [5, 5.41) is 0.876. The summed E-state index contributed by atoms with van der Waals surface area (Å²) in [7, 11) is 0. The molecule has 0 fully saturated rings. The predicted octanol–water partition coefficient (Wildman–Crippen LogP) is 3.54. The van der Waals surface area contributed by atoms with E-state index in [1.807, 2.05) is 13.0 Å². The molecule has 0 atom stereocenters. The van der Waals surface area contributed by atoms with Gasteiger partial charge in [0.15, 0.2) is 0 Å². The van der Waals surface area contributed by atoms with E-state index in [0.717, 1.165) is 16.7 Å². The number of benzene rings is 2. The second kappa shape index (κ2) is 4.06. The number of rotatable bonds is 1. The molecule has 0 N–H and O–H groups in total. The molecule has 21 heavy (non-hydrogen) atoms. The third-order valence-corrected chi connectivity index (χ3v) is 3.68. The third-order valence-electron chi connectivity index (χ3n) is 3.68. The number of hydrogen-bond donors (Lipinski definition) is 0. The van der Waals surface area contributed by atoms with Crippen LogP contribution in [0, 0.1) is 6.92 Å². The van der Waals surface area contributed by atoms with Crippen molar-refractivity contribution in [2.75, 3.05) is 4.90 Å². The summed E-state index contributed by atoms with van der Waals surface area (Å²) in [6.07, 6.45) is 0. The van der Waals surface area contributed by atoms with Crippen LogP contribution in [0.2, 0.25) is 0 Å². The SMILES string of the molecule is Cc1cc2cc(N3C(=O)c4ccccc4C3=O)ccc2o1. The van der Waals surface area contributed by atoms with Gasteiger partial charge in [-0.15, -0.1) is 0 Å². The van der Waals surface area contributed by atoms with E-state index in [2.05, 4.69) is 0 Å². The minimum absolute atomic E-state index is 0.282. The summed E-state index contributed by atoms with van der Waals surface area (Å²) in [6.45, 7) is 1.86. The second-order valence-electron chi connectivity index (χ2n) is 5.07. The molecule has 1 aromatic heterocycles. The van der Waals surface area contributed by atoms with Crippen molar-refractivity contribution in [1.29, 1.82) is 0 Å². The van der Waals surface area contributed by atoms with E-state index < -0.39 is 0 Å². The Kier molecular flexibility index (Phi) is 2.30. The fraction of sp³-hybridized carbons (Fsp3) is 0.0588. The number of hydrogen-bond acceptors (Lipinski definition) is 3. The number of furan rings is 1. The summed E-state index contributed by atoms with van der Waals surface area (Å²) in [5.74, 6) is 0.231. The first kappa shape index (κ1) is 11.9. The summed E-state index contributed by atoms with van der Waals surface area (Å²) in [6, 6.07) is 14.1. The van der Waals surface area contributed by atoms with E-state index in [1.165, 1.54) is 4.90 Å². The Morgan fingerprint density at radius 2 is 1.57 bits per heavy atom. The zero-order chi connectivity index (χ0) is 14.6. The van der Waals surface area contributed by atoms with Gasteiger partial charge in [0.05, 0.1) is 16.8 Å². The highest BCUT2D eigenvalue weighted by Crippen LogP contribution is 2.31. The number of nitrogens with zero attached hydrogens (tertiary/aromatic N) is 1. The average Bonchev–Trinajstić information content (AvgIpc) is 2.97. The molecular formula is C17H11NO3. The van der Waals surface area contributed by atoms with Crippen LogP contribution in [0.15, 0.2) is 52.9 Å². The van der Waals surface area contributed by atoms with Gasteiger partial charge in [0.2, 0.25) is 0 Å². The Balaban J connectivity index is 1.86. The zero-order valence-corrected chi connectivity index (χ0v) is 11.3. The average molecular weight is 277 g/mol. The van der Waals surface area contributed by atoms with Crippen molar-refractivity contribution in [2.24, 2.45) is 0 Å². The Hall–Kier alpha value is -2.88. The van der Waals surface area contributed by atoms with Crippen molar-refractivity contribution in [2.45, 2.75) is 6.92 Å². The molecule has 0 spiro atoms. The quantitative estimate of drug-likeness (QED) is 0.639. The Morgan fingerprint density at radius 1 is 0.905 bits per heavy atom. The summed E-state index contributed by atoms with van der Waals surface area (Å²) in [5.41, 5.74) is 2.21. The van der Waals surface area contributed by atoms with Crippen LogP contribution in [0.1, 0.15) is 26.5 Å². The topological polar surface area (TPSA) is 50.5 Å². The van der Waals surface area contributed by atoms with E-state index in [9.17, 15) is 9.59 Å². The largest absolute Gasteiger partial charge is 0.461 e. The molecule has 0 unspecified atom stereocenters. The van der Waals surface area contributed by atoms with Gasteiger partial charge in [-0.05, 0) is 43.3 Å². The maximum Gasteiger partial charge on any atom is 0.266 e. The minimum atomic E-state index is -0.282. The highest BCUT2D eigenvalue weighted by atomic mass is 16.3. The molecule has 2 amide bonds. The molecule has 3 aromatic rings. The normalized spacial score (nSPS) is 14.0. The van der Waals surface area contributed by atoms with Crippen molar-refractivity contribution < 1.29 is 14.0 Å². The van der Waals surface area contributed by atoms with Crippen LogP contribution >= 0.6 is 0 Å². The number of imide groups is 1. The van der Waals surface area contributed by atoms with Crippen molar-refractivity contribution in [3.05, 3.63) is 65.4 Å². The Labute approximate surface area is 120 Å². The van der Waals surface area contributed by atoms with Crippen LogP contribution in [-0.2, 0) is 0 Å². The molecule has 2 heterocycles. The number of aryl methyl sites for hydroxylation is 1. The smallest absolute Gasteiger partial charge is 0.266 e. The monoisotopic (exact) mass is 277 g/mol. The number of carbonyl (C=O) groups excluding carboxylic acids is 2. The molecule has 2 aromatic carbocycles. The predicted molar refractivity (Wildman–Crippen MR) is 78.5 cm³/mol. The van der Waals surface area contributed by atoms with E-state index >= 15 is 0 Å².